The normalized spacial score (nSPS) is 45.0. The number of cyclic esters (lactones) is 2. The molecule has 0 aromatic heterocycles. The zero-order valence-corrected chi connectivity index (χ0v) is 43.5. The lowest BCUT2D eigenvalue weighted by Crippen LogP contribution is -2.59. The Hall–Kier alpha value is -2.66. The largest absolute Gasteiger partial charge is 0.458 e. The lowest BCUT2D eigenvalue weighted by atomic mass is 9.76. The van der Waals surface area contributed by atoms with Crippen LogP contribution in [0.4, 0.5) is 0 Å². The number of hydrogen-bond donors (Lipinski definition) is 8. The molecular weight excluding hydrogens is 925 g/mol. The van der Waals surface area contributed by atoms with Crippen molar-refractivity contribution in [3.05, 3.63) is 48.6 Å². The van der Waals surface area contributed by atoms with Crippen molar-refractivity contribution in [2.45, 2.75) is 218 Å². The van der Waals surface area contributed by atoms with Crippen LogP contribution in [0.2, 0.25) is 0 Å². The SMILES string of the molecule is CCC1C(C)OC(O)([C@@H](C)[C@H](O)[C@H](C)[C@H]2OC(=O)/C=C/C=C/[C@H](C)[C@@H]([C@@H](C)[C@@H](O)[C@H](C)[C@@]3(O)CC(OC4CC(O)C(O)CO4)C(CC)C(C)O3)OC(=O)C=C/C=C/[C@@H]2C)CC1OC1CC(O)C(O)C(C)O1. The van der Waals surface area contributed by atoms with Crippen molar-refractivity contribution in [1.82, 2.24) is 0 Å². The van der Waals surface area contributed by atoms with Gasteiger partial charge in [0.1, 0.15) is 24.4 Å². The van der Waals surface area contributed by atoms with Gasteiger partial charge in [-0.1, -0.05) is 91.8 Å². The number of carbonyl (C=O) groups is 2. The Morgan fingerprint density at radius 2 is 1.04 bits per heavy atom. The van der Waals surface area contributed by atoms with E-state index in [2.05, 4.69) is 0 Å². The van der Waals surface area contributed by atoms with E-state index in [0.717, 1.165) is 0 Å². The van der Waals surface area contributed by atoms with E-state index in [9.17, 15) is 50.4 Å². The fourth-order valence-electron chi connectivity index (χ4n) is 11.3. The molecule has 71 heavy (non-hydrogen) atoms. The van der Waals surface area contributed by atoms with Gasteiger partial charge in [0.15, 0.2) is 24.2 Å². The van der Waals surface area contributed by atoms with Crippen LogP contribution in [-0.2, 0) is 47.5 Å². The molecule has 18 nitrogen and oxygen atoms in total. The molecule has 0 aliphatic carbocycles. The molecule has 0 spiro atoms. The van der Waals surface area contributed by atoms with Gasteiger partial charge in [-0.3, -0.25) is 0 Å². The van der Waals surface area contributed by atoms with Gasteiger partial charge in [0.2, 0.25) is 0 Å². The minimum Gasteiger partial charge on any atom is -0.458 e. The standard InChI is InChI=1S/C53H86O18/c1-12-36-33(9)70-52(62,24-41(36)66-45-22-38(54)40(56)26-64-45)31(7)47(59)29(5)50-27(3)18-14-16-21-44(58)69-51(28(4)19-15-17-20-43(57)68-50)30(6)48(60)32(8)53(63)25-42(37(13-2)34(10)71-53)67-46-23-39(55)49(61)35(11)65-46/h14-21,27-42,45-51,54-56,59-63H,12-13,22-26H2,1-11H3/b18-14+,19-15+,20-17?,21-16+/t27-,28-,29-,30-,31-,32-,33?,34?,35?,36?,37?,38?,39?,40?,41?,42?,45?,46?,47+,48+,49?,50-,51-,52+,53?/m0/s1. The number of aliphatic hydroxyl groups is 8. The van der Waals surface area contributed by atoms with E-state index >= 15 is 0 Å². The average Bonchev–Trinajstić information content (AvgIpc) is 3.31. The summed E-state index contributed by atoms with van der Waals surface area (Å²) in [6, 6.07) is 0. The van der Waals surface area contributed by atoms with Crippen LogP contribution >= 0.6 is 0 Å². The predicted octanol–water partition coefficient (Wildman–Crippen LogP) is 3.73. The van der Waals surface area contributed by atoms with Gasteiger partial charge in [-0.05, 0) is 33.6 Å². The third-order valence-corrected chi connectivity index (χ3v) is 16.1. The van der Waals surface area contributed by atoms with Gasteiger partial charge in [0.05, 0.1) is 61.5 Å². The molecule has 14 unspecified atom stereocenters. The number of ether oxygens (including phenoxy) is 8. The summed E-state index contributed by atoms with van der Waals surface area (Å²) in [5.41, 5.74) is 0. The van der Waals surface area contributed by atoms with Crippen LogP contribution < -0.4 is 0 Å². The molecule has 0 bridgehead atoms. The molecule has 5 aliphatic rings. The van der Waals surface area contributed by atoms with Crippen LogP contribution in [0, 0.1) is 47.3 Å². The topological polar surface area (TPSA) is 270 Å². The van der Waals surface area contributed by atoms with Gasteiger partial charge in [-0.25, -0.2) is 9.59 Å². The Kier molecular flexibility index (Phi) is 21.5. The third-order valence-electron chi connectivity index (χ3n) is 16.1. The molecule has 0 aromatic rings. The predicted molar refractivity (Wildman–Crippen MR) is 258 cm³/mol. The molecule has 18 heteroatoms. The minimum atomic E-state index is -1.88. The van der Waals surface area contributed by atoms with Crippen LogP contribution in [0.5, 0.6) is 0 Å². The fourth-order valence-corrected chi connectivity index (χ4v) is 11.3. The van der Waals surface area contributed by atoms with E-state index in [1.165, 1.54) is 24.3 Å². The summed E-state index contributed by atoms with van der Waals surface area (Å²) in [5.74, 6) is -9.80. The highest BCUT2D eigenvalue weighted by molar-refractivity contribution is 5.83. The first kappa shape index (κ1) is 59.2. The molecule has 5 rings (SSSR count). The van der Waals surface area contributed by atoms with Gasteiger partial charge in [0, 0.05) is 85.2 Å². The van der Waals surface area contributed by atoms with Crippen LogP contribution in [0.25, 0.3) is 0 Å². The Labute approximate surface area is 420 Å². The lowest BCUT2D eigenvalue weighted by Gasteiger charge is -2.50. The highest BCUT2D eigenvalue weighted by Crippen LogP contribution is 2.45. The van der Waals surface area contributed by atoms with E-state index in [1.807, 2.05) is 27.7 Å². The first-order valence-electron chi connectivity index (χ1n) is 25.9. The Morgan fingerprint density at radius 3 is 1.45 bits per heavy atom. The van der Waals surface area contributed by atoms with Crippen LogP contribution in [0.15, 0.2) is 48.6 Å². The highest BCUT2D eigenvalue weighted by atomic mass is 16.7. The van der Waals surface area contributed by atoms with Gasteiger partial charge in [-0.2, -0.15) is 0 Å². The quantitative estimate of drug-likeness (QED) is 0.115. The number of allylic oxidation sites excluding steroid dienone is 4. The molecule has 5 aliphatic heterocycles. The zero-order chi connectivity index (χ0) is 52.7. The van der Waals surface area contributed by atoms with E-state index in [4.69, 9.17) is 37.9 Å². The lowest BCUT2D eigenvalue weighted by molar-refractivity contribution is -0.345. The van der Waals surface area contributed by atoms with E-state index in [0.29, 0.717) is 12.8 Å². The van der Waals surface area contributed by atoms with Crippen molar-refractivity contribution < 1.29 is 88.3 Å². The molecule has 0 radical (unpaired) electrons. The Morgan fingerprint density at radius 1 is 0.620 bits per heavy atom. The summed E-state index contributed by atoms with van der Waals surface area (Å²) < 4.78 is 48.8. The number of carbonyl (C=O) groups excluding carboxylic acids is 2. The van der Waals surface area contributed by atoms with Crippen LogP contribution in [0.1, 0.15) is 115 Å². The molecule has 5 heterocycles. The zero-order valence-electron chi connectivity index (χ0n) is 43.5. The van der Waals surface area contributed by atoms with Gasteiger partial charge < -0.3 is 78.7 Å². The monoisotopic (exact) mass is 1010 g/mol. The second-order valence-electron chi connectivity index (χ2n) is 21.2. The molecule has 406 valence electrons. The summed E-state index contributed by atoms with van der Waals surface area (Å²) in [7, 11) is 0. The maximum atomic E-state index is 13.5. The van der Waals surface area contributed by atoms with Crippen molar-refractivity contribution in [2.75, 3.05) is 6.61 Å². The first-order chi connectivity index (χ1) is 33.3. The second kappa shape index (κ2) is 25.7. The average molecular weight is 1010 g/mol. The molecule has 0 aromatic carbocycles. The third kappa shape index (κ3) is 14.6. The second-order valence-corrected chi connectivity index (χ2v) is 21.2. The molecule has 4 fully saturated rings. The Balaban J connectivity index is 1.28. The number of rotatable bonds is 14. The maximum absolute atomic E-state index is 13.5. The van der Waals surface area contributed by atoms with Crippen molar-refractivity contribution >= 4 is 11.9 Å². The highest BCUT2D eigenvalue weighted by Gasteiger charge is 2.54. The molecule has 4 saturated heterocycles. The molecule has 0 amide bonds. The summed E-state index contributed by atoms with van der Waals surface area (Å²) in [6.07, 6.45) is 0.480. The van der Waals surface area contributed by atoms with E-state index in [1.54, 1.807) is 72.8 Å². The van der Waals surface area contributed by atoms with Crippen molar-refractivity contribution in [3.63, 3.8) is 0 Å². The minimum absolute atomic E-state index is 0.0208. The van der Waals surface area contributed by atoms with Crippen LogP contribution in [-0.4, -0.2) is 163 Å². The first-order valence-corrected chi connectivity index (χ1v) is 25.9. The smallest absolute Gasteiger partial charge is 0.331 e. The molecule has 25 atom stereocenters. The number of aliphatic hydroxyl groups excluding tert-OH is 6. The Bertz CT molecular complexity index is 1810. The summed E-state index contributed by atoms with van der Waals surface area (Å²) in [5, 5.41) is 89.1. The van der Waals surface area contributed by atoms with Crippen LogP contribution in [0.3, 0.4) is 0 Å². The van der Waals surface area contributed by atoms with Gasteiger partial charge >= 0.3 is 11.9 Å². The summed E-state index contributed by atoms with van der Waals surface area (Å²) in [6.45, 7) is 19.5. The maximum Gasteiger partial charge on any atom is 0.331 e. The fraction of sp³-hybridized carbons (Fsp3) is 0.811. The van der Waals surface area contributed by atoms with E-state index in [-0.39, 0.29) is 44.1 Å². The summed E-state index contributed by atoms with van der Waals surface area (Å²) in [4.78, 5) is 27.0. The van der Waals surface area contributed by atoms with Crippen molar-refractivity contribution in [3.8, 4) is 0 Å². The van der Waals surface area contributed by atoms with Crippen molar-refractivity contribution in [1.29, 1.82) is 0 Å². The number of esters is 2. The van der Waals surface area contributed by atoms with Crippen molar-refractivity contribution in [2.24, 2.45) is 47.3 Å². The number of hydrogen-bond acceptors (Lipinski definition) is 18. The molecule has 8 N–H and O–H groups in total. The molecule has 0 saturated carbocycles. The van der Waals surface area contributed by atoms with E-state index < -0.39 is 151 Å². The van der Waals surface area contributed by atoms with Gasteiger partial charge in [0.25, 0.3) is 0 Å². The molecular formula is C53H86O18. The van der Waals surface area contributed by atoms with Gasteiger partial charge in [-0.15, -0.1) is 0 Å². The summed E-state index contributed by atoms with van der Waals surface area (Å²) >= 11 is 0.